The number of hydrogen-bond acceptors (Lipinski definition) is 5. The summed E-state index contributed by atoms with van der Waals surface area (Å²) in [6, 6.07) is 2.60. The van der Waals surface area contributed by atoms with Gasteiger partial charge in [-0.05, 0) is 12.1 Å². The molecule has 21 heavy (non-hydrogen) atoms. The van der Waals surface area contributed by atoms with Crippen molar-refractivity contribution < 1.29 is 13.5 Å². The van der Waals surface area contributed by atoms with Gasteiger partial charge in [0.05, 0.1) is 31.2 Å². The van der Waals surface area contributed by atoms with Gasteiger partial charge >= 0.3 is 0 Å². The van der Waals surface area contributed by atoms with Crippen LogP contribution in [0.2, 0.25) is 0 Å². The van der Waals surface area contributed by atoms with E-state index in [1.54, 1.807) is 12.4 Å². The van der Waals surface area contributed by atoms with Gasteiger partial charge in [-0.15, -0.1) is 0 Å². The predicted octanol–water partition coefficient (Wildman–Crippen LogP) is -0.0770. The molecule has 3 rings (SSSR count). The van der Waals surface area contributed by atoms with E-state index in [4.69, 9.17) is 0 Å². The van der Waals surface area contributed by atoms with Crippen LogP contribution in [0.4, 0.5) is 0 Å². The second kappa shape index (κ2) is 5.21. The minimum Gasteiger partial charge on any atom is -0.395 e. The van der Waals surface area contributed by atoms with Gasteiger partial charge in [0.15, 0.2) is 0 Å². The maximum Gasteiger partial charge on any atom is 0.245 e. The molecule has 0 spiro atoms. The van der Waals surface area contributed by atoms with Crippen LogP contribution in [0.3, 0.4) is 0 Å². The standard InChI is InChI=1S/C13H16N4O3S/c1-16-9-15-12-7-17(10(8-18)5-13(12)16)21(19,20)11-3-2-4-14-6-11/h2-4,6,9-10,18H,5,7-8H2,1H3/t10-/m1/s1. The first-order valence-corrected chi connectivity index (χ1v) is 8.00. The molecule has 1 N–H and O–H groups in total. The SMILES string of the molecule is Cn1cnc2c1C[C@H](CO)N(S(=O)(=O)c1cccnc1)C2. The molecule has 0 amide bonds. The number of fused-ring (bicyclic) bond motifs is 1. The highest BCUT2D eigenvalue weighted by Gasteiger charge is 2.37. The van der Waals surface area contributed by atoms with Gasteiger partial charge in [0.2, 0.25) is 10.0 Å². The number of aromatic nitrogens is 3. The fourth-order valence-electron chi connectivity index (χ4n) is 2.57. The Morgan fingerprint density at radius 2 is 2.29 bits per heavy atom. The third-order valence-electron chi connectivity index (χ3n) is 3.74. The summed E-state index contributed by atoms with van der Waals surface area (Å²) in [5.74, 6) is 0. The molecular formula is C13H16N4O3S. The van der Waals surface area contributed by atoms with Gasteiger partial charge in [-0.25, -0.2) is 13.4 Å². The predicted molar refractivity (Wildman–Crippen MR) is 74.8 cm³/mol. The first kappa shape index (κ1) is 14.2. The van der Waals surface area contributed by atoms with Crippen LogP contribution in [0.15, 0.2) is 35.7 Å². The summed E-state index contributed by atoms with van der Waals surface area (Å²) in [4.78, 5) is 8.23. The molecule has 0 radical (unpaired) electrons. The molecule has 2 aromatic heterocycles. The van der Waals surface area contributed by atoms with E-state index in [9.17, 15) is 13.5 Å². The largest absolute Gasteiger partial charge is 0.395 e. The van der Waals surface area contributed by atoms with Crippen molar-refractivity contribution in [1.29, 1.82) is 0 Å². The summed E-state index contributed by atoms with van der Waals surface area (Å²) in [7, 11) is -1.83. The number of nitrogens with zero attached hydrogens (tertiary/aromatic N) is 4. The molecule has 0 aliphatic carbocycles. The molecule has 1 aliphatic heterocycles. The van der Waals surface area contributed by atoms with Crippen molar-refractivity contribution in [3.8, 4) is 0 Å². The number of sulfonamides is 1. The normalized spacial score (nSPS) is 19.4. The first-order valence-electron chi connectivity index (χ1n) is 6.56. The Morgan fingerprint density at radius 1 is 1.48 bits per heavy atom. The summed E-state index contributed by atoms with van der Waals surface area (Å²) in [5.41, 5.74) is 1.70. The van der Waals surface area contributed by atoms with E-state index in [0.29, 0.717) is 6.42 Å². The number of rotatable bonds is 3. The maximum absolute atomic E-state index is 12.7. The lowest BCUT2D eigenvalue weighted by Crippen LogP contribution is -2.46. The van der Waals surface area contributed by atoms with Gasteiger partial charge in [-0.3, -0.25) is 4.98 Å². The summed E-state index contributed by atoms with van der Waals surface area (Å²) in [6.45, 7) is -0.0667. The molecule has 8 heteroatoms. The molecule has 7 nitrogen and oxygen atoms in total. The Labute approximate surface area is 122 Å². The van der Waals surface area contributed by atoms with Crippen LogP contribution in [-0.2, 0) is 30.0 Å². The molecule has 112 valence electrons. The number of pyridine rings is 1. The third-order valence-corrected chi connectivity index (χ3v) is 5.62. The zero-order valence-corrected chi connectivity index (χ0v) is 12.4. The van der Waals surface area contributed by atoms with Gasteiger partial charge in [-0.2, -0.15) is 4.31 Å². The lowest BCUT2D eigenvalue weighted by atomic mass is 10.1. The van der Waals surface area contributed by atoms with Crippen LogP contribution in [0, 0.1) is 0 Å². The summed E-state index contributed by atoms with van der Waals surface area (Å²) >= 11 is 0. The van der Waals surface area contributed by atoms with Crippen LogP contribution in [0.5, 0.6) is 0 Å². The number of aliphatic hydroxyl groups excluding tert-OH is 1. The van der Waals surface area contributed by atoms with E-state index in [1.165, 1.54) is 22.8 Å². The fraction of sp³-hybridized carbons (Fsp3) is 0.385. The van der Waals surface area contributed by atoms with E-state index in [1.807, 2.05) is 11.6 Å². The molecule has 2 aromatic rings. The van der Waals surface area contributed by atoms with E-state index in [2.05, 4.69) is 9.97 Å². The van der Waals surface area contributed by atoms with Gasteiger partial charge in [0.25, 0.3) is 0 Å². The molecule has 0 saturated heterocycles. The highest BCUT2D eigenvalue weighted by Crippen LogP contribution is 2.27. The fourth-order valence-corrected chi connectivity index (χ4v) is 4.11. The number of aryl methyl sites for hydroxylation is 1. The van der Waals surface area contributed by atoms with Gasteiger partial charge in [0, 0.05) is 31.6 Å². The summed E-state index contributed by atoms with van der Waals surface area (Å²) < 4.78 is 28.6. The van der Waals surface area contributed by atoms with Crippen LogP contribution < -0.4 is 0 Å². The third kappa shape index (κ3) is 2.35. The summed E-state index contributed by atoms with van der Waals surface area (Å²) in [6.07, 6.45) is 4.95. The van der Waals surface area contributed by atoms with Crippen molar-refractivity contribution in [2.24, 2.45) is 7.05 Å². The van der Waals surface area contributed by atoms with E-state index < -0.39 is 16.1 Å². The number of aliphatic hydroxyl groups is 1. The molecule has 1 aliphatic rings. The van der Waals surface area contributed by atoms with E-state index in [-0.39, 0.29) is 18.0 Å². The molecule has 1 atom stereocenters. The zero-order valence-electron chi connectivity index (χ0n) is 11.5. The quantitative estimate of drug-likeness (QED) is 0.857. The van der Waals surface area contributed by atoms with Crippen LogP contribution >= 0.6 is 0 Å². The number of imidazole rings is 1. The second-order valence-electron chi connectivity index (χ2n) is 5.03. The monoisotopic (exact) mass is 308 g/mol. The Kier molecular flexibility index (Phi) is 3.52. The molecule has 0 aromatic carbocycles. The van der Waals surface area contributed by atoms with Crippen LogP contribution in [0.25, 0.3) is 0 Å². The van der Waals surface area contributed by atoms with Crippen LogP contribution in [-0.4, -0.2) is 45.0 Å². The Balaban J connectivity index is 2.02. The van der Waals surface area contributed by atoms with Crippen molar-refractivity contribution in [2.75, 3.05) is 6.61 Å². The topological polar surface area (TPSA) is 88.3 Å². The van der Waals surface area contributed by atoms with E-state index >= 15 is 0 Å². The molecule has 0 unspecified atom stereocenters. The number of hydrogen-bond donors (Lipinski definition) is 1. The minimum absolute atomic E-state index is 0.128. The first-order chi connectivity index (χ1) is 10.0. The minimum atomic E-state index is -3.70. The second-order valence-corrected chi connectivity index (χ2v) is 6.92. The van der Waals surface area contributed by atoms with Gasteiger partial charge in [0.1, 0.15) is 4.90 Å². The van der Waals surface area contributed by atoms with Crippen molar-refractivity contribution >= 4 is 10.0 Å². The van der Waals surface area contributed by atoms with Crippen LogP contribution in [0.1, 0.15) is 11.4 Å². The van der Waals surface area contributed by atoms with Gasteiger partial charge in [-0.1, -0.05) is 0 Å². The van der Waals surface area contributed by atoms with Crippen molar-refractivity contribution in [2.45, 2.75) is 23.9 Å². The highest BCUT2D eigenvalue weighted by atomic mass is 32.2. The Bertz CT molecular complexity index is 742. The van der Waals surface area contributed by atoms with Gasteiger partial charge < -0.3 is 9.67 Å². The lowest BCUT2D eigenvalue weighted by molar-refractivity contribution is 0.170. The van der Waals surface area contributed by atoms with E-state index in [0.717, 1.165) is 11.4 Å². The van der Waals surface area contributed by atoms with Crippen molar-refractivity contribution in [3.05, 3.63) is 42.2 Å². The molecule has 0 fully saturated rings. The smallest absolute Gasteiger partial charge is 0.245 e. The summed E-state index contributed by atoms with van der Waals surface area (Å²) in [5, 5.41) is 9.57. The van der Waals surface area contributed by atoms with Crippen molar-refractivity contribution in [1.82, 2.24) is 18.8 Å². The lowest BCUT2D eigenvalue weighted by Gasteiger charge is -2.33. The molecule has 0 bridgehead atoms. The molecule has 0 saturated carbocycles. The molecular weight excluding hydrogens is 292 g/mol. The average Bonchev–Trinajstić information content (AvgIpc) is 2.87. The molecule has 3 heterocycles. The zero-order chi connectivity index (χ0) is 15.0. The average molecular weight is 308 g/mol. The Morgan fingerprint density at radius 3 is 2.95 bits per heavy atom. The maximum atomic E-state index is 12.7. The highest BCUT2D eigenvalue weighted by molar-refractivity contribution is 7.89. The Hall–Kier alpha value is -1.77. The van der Waals surface area contributed by atoms with Crippen molar-refractivity contribution in [3.63, 3.8) is 0 Å².